The summed E-state index contributed by atoms with van der Waals surface area (Å²) >= 11 is 0. The molecule has 1 amide bonds. The van der Waals surface area contributed by atoms with Crippen molar-refractivity contribution in [3.63, 3.8) is 0 Å². The van der Waals surface area contributed by atoms with Gasteiger partial charge in [-0.2, -0.15) is 0 Å². The van der Waals surface area contributed by atoms with Crippen molar-refractivity contribution >= 4 is 41.5 Å². The number of hydrogen-bond acceptors (Lipinski definition) is 4. The molecule has 0 bridgehead atoms. The Kier molecular flexibility index (Phi) is 11.0. The number of allylic oxidation sites excluding steroid dienone is 1. The van der Waals surface area contributed by atoms with E-state index in [9.17, 15) is 4.79 Å². The minimum atomic E-state index is -0.181. The number of carbonyl (C=O) groups excluding carboxylic acids is 1. The van der Waals surface area contributed by atoms with Crippen molar-refractivity contribution in [3.8, 4) is 5.75 Å². The fourth-order valence-corrected chi connectivity index (χ4v) is 4.75. The number of nitrogens with zero attached hydrogens (tertiary/aromatic N) is 1. The molecule has 199 valence electrons. The zero-order valence-electron chi connectivity index (χ0n) is 23.3. The Balaban J connectivity index is 0.000000427. The zero-order chi connectivity index (χ0) is 27.4. The van der Waals surface area contributed by atoms with Crippen LogP contribution in [-0.4, -0.2) is 26.6 Å². The highest BCUT2D eigenvalue weighted by atomic mass is 16.5. The molecule has 38 heavy (non-hydrogen) atoms. The van der Waals surface area contributed by atoms with Gasteiger partial charge in [0, 0.05) is 17.2 Å². The molecule has 0 heterocycles. The highest BCUT2D eigenvalue weighted by molar-refractivity contribution is 6.55. The summed E-state index contributed by atoms with van der Waals surface area (Å²) in [4.78, 5) is 17.1. The van der Waals surface area contributed by atoms with Crippen LogP contribution in [0.2, 0.25) is 0 Å². The molecule has 3 N–H and O–H groups in total. The molecular weight excluding hydrogens is 469 g/mol. The van der Waals surface area contributed by atoms with Gasteiger partial charge in [0.05, 0.1) is 12.8 Å². The minimum absolute atomic E-state index is 0.181. The standard InChI is InChI=1S/C24H25BN3O2.C8H16/c1-3-6-17-9-12-23(30-2)21(15-17)25-28-24(29)19-10-11-20-18(16-19)7-4-8-22(20)27-14-5-13-26;1-3-5-8(4-2)6-7-8/h4-5,7-16H,3,6,26H2,1-2H3,(H,28,29);3-7H2,1-2H3/b13-5-,27-14?;. The molecule has 3 aromatic rings. The first kappa shape index (κ1) is 29.0. The van der Waals surface area contributed by atoms with E-state index in [0.717, 1.165) is 45.9 Å². The van der Waals surface area contributed by atoms with Crippen LogP contribution in [0.5, 0.6) is 5.75 Å². The van der Waals surface area contributed by atoms with Gasteiger partial charge in [0.15, 0.2) is 0 Å². The smallest absolute Gasteiger partial charge is 0.289 e. The largest absolute Gasteiger partial charge is 0.497 e. The summed E-state index contributed by atoms with van der Waals surface area (Å²) in [7, 11) is 3.32. The van der Waals surface area contributed by atoms with Gasteiger partial charge in [0.25, 0.3) is 7.41 Å². The van der Waals surface area contributed by atoms with E-state index in [-0.39, 0.29) is 5.91 Å². The molecule has 1 aliphatic carbocycles. The molecule has 0 aromatic heterocycles. The third-order valence-electron chi connectivity index (χ3n) is 7.21. The lowest BCUT2D eigenvalue weighted by Crippen LogP contribution is -2.36. The van der Waals surface area contributed by atoms with Gasteiger partial charge in [-0.25, -0.2) is 0 Å². The fraction of sp³-hybridized carbons (Fsp3) is 0.375. The third-order valence-corrected chi connectivity index (χ3v) is 7.21. The summed E-state index contributed by atoms with van der Waals surface area (Å²) < 4.78 is 5.42. The molecule has 0 unspecified atom stereocenters. The van der Waals surface area contributed by atoms with Crippen LogP contribution >= 0.6 is 0 Å². The average Bonchev–Trinajstić information content (AvgIpc) is 3.72. The van der Waals surface area contributed by atoms with E-state index in [2.05, 4.69) is 31.0 Å². The van der Waals surface area contributed by atoms with Crippen LogP contribution in [0.1, 0.15) is 75.2 Å². The summed E-state index contributed by atoms with van der Waals surface area (Å²) in [5.41, 5.74) is 9.64. The van der Waals surface area contributed by atoms with Crippen molar-refractivity contribution in [2.75, 3.05) is 7.11 Å². The first-order valence-electron chi connectivity index (χ1n) is 13.7. The Morgan fingerprint density at radius 1 is 1.11 bits per heavy atom. The normalized spacial score (nSPS) is 13.8. The SMILES string of the molecule is CCCC1(CC)CC1.CCCc1ccc(OC)c([B]NC(=O)c2ccc3c(N=C/C=C\N)cccc3c2)c1. The van der Waals surface area contributed by atoms with Gasteiger partial charge in [-0.3, -0.25) is 9.79 Å². The molecule has 1 aliphatic rings. The molecular formula is C32H41BN3O2. The summed E-state index contributed by atoms with van der Waals surface area (Å²) in [5.74, 6) is 0.544. The number of amides is 1. The van der Waals surface area contributed by atoms with E-state index in [1.54, 1.807) is 32.9 Å². The number of aliphatic imine (C=N–C) groups is 1. The maximum Gasteiger partial charge on any atom is 0.289 e. The number of hydrogen-bond donors (Lipinski definition) is 2. The predicted octanol–water partition coefficient (Wildman–Crippen LogP) is 6.63. The number of nitrogens with one attached hydrogen (secondary N) is 1. The topological polar surface area (TPSA) is 76.7 Å². The molecule has 0 spiro atoms. The number of ether oxygens (including phenoxy) is 1. The molecule has 1 radical (unpaired) electrons. The van der Waals surface area contributed by atoms with E-state index < -0.39 is 0 Å². The lowest BCUT2D eigenvalue weighted by atomic mass is 9.80. The maximum atomic E-state index is 12.7. The van der Waals surface area contributed by atoms with Gasteiger partial charge in [0.1, 0.15) is 5.75 Å². The predicted molar refractivity (Wildman–Crippen MR) is 162 cm³/mol. The van der Waals surface area contributed by atoms with E-state index >= 15 is 0 Å². The quantitative estimate of drug-likeness (QED) is 0.225. The van der Waals surface area contributed by atoms with Gasteiger partial charge in [-0.05, 0) is 84.1 Å². The van der Waals surface area contributed by atoms with Crippen molar-refractivity contribution < 1.29 is 9.53 Å². The molecule has 0 aliphatic heterocycles. The number of rotatable bonds is 11. The van der Waals surface area contributed by atoms with Crippen LogP contribution in [0.3, 0.4) is 0 Å². The summed E-state index contributed by atoms with van der Waals surface area (Å²) in [6.45, 7) is 6.75. The monoisotopic (exact) mass is 510 g/mol. The van der Waals surface area contributed by atoms with Crippen LogP contribution in [0, 0.1) is 5.41 Å². The van der Waals surface area contributed by atoms with Crippen molar-refractivity contribution in [3.05, 3.63) is 78.0 Å². The van der Waals surface area contributed by atoms with Gasteiger partial charge in [0.2, 0.25) is 5.91 Å². The van der Waals surface area contributed by atoms with Gasteiger partial charge in [-0.1, -0.05) is 70.4 Å². The Labute approximate surface area is 228 Å². The van der Waals surface area contributed by atoms with Crippen LogP contribution < -0.4 is 21.2 Å². The molecule has 3 aromatic carbocycles. The number of aryl methyl sites for hydroxylation is 1. The van der Waals surface area contributed by atoms with E-state index in [1.165, 1.54) is 43.9 Å². The minimum Gasteiger partial charge on any atom is -0.497 e. The number of benzene rings is 3. The van der Waals surface area contributed by atoms with Crippen LogP contribution in [0.4, 0.5) is 5.69 Å². The Morgan fingerprint density at radius 3 is 2.55 bits per heavy atom. The number of nitrogens with two attached hydrogens (primary N) is 1. The molecule has 0 saturated heterocycles. The molecule has 1 saturated carbocycles. The van der Waals surface area contributed by atoms with Gasteiger partial charge < -0.3 is 15.7 Å². The van der Waals surface area contributed by atoms with Crippen LogP contribution in [0.25, 0.3) is 10.8 Å². The molecule has 5 nitrogen and oxygen atoms in total. The van der Waals surface area contributed by atoms with Crippen molar-refractivity contribution in [2.45, 2.75) is 65.7 Å². The maximum absolute atomic E-state index is 12.7. The highest BCUT2D eigenvalue weighted by Crippen LogP contribution is 2.52. The summed E-state index contributed by atoms with van der Waals surface area (Å²) in [6.07, 6.45) is 14.1. The van der Waals surface area contributed by atoms with E-state index in [1.807, 2.05) is 48.5 Å². The first-order chi connectivity index (χ1) is 18.5. The summed E-state index contributed by atoms with van der Waals surface area (Å²) in [6, 6.07) is 17.4. The second-order valence-corrected chi connectivity index (χ2v) is 9.92. The number of methoxy groups -OCH3 is 1. The lowest BCUT2D eigenvalue weighted by Gasteiger charge is -2.11. The van der Waals surface area contributed by atoms with Crippen molar-refractivity contribution in [1.29, 1.82) is 0 Å². The second-order valence-electron chi connectivity index (χ2n) is 9.92. The van der Waals surface area contributed by atoms with Crippen molar-refractivity contribution in [1.82, 2.24) is 5.23 Å². The fourth-order valence-electron chi connectivity index (χ4n) is 4.75. The molecule has 4 rings (SSSR count). The average molecular weight is 511 g/mol. The summed E-state index contributed by atoms with van der Waals surface area (Å²) in [5, 5.41) is 4.79. The Bertz CT molecular complexity index is 1260. The Morgan fingerprint density at radius 2 is 1.92 bits per heavy atom. The molecule has 1 fully saturated rings. The third kappa shape index (κ3) is 7.98. The number of carbonyl (C=O) groups is 1. The van der Waals surface area contributed by atoms with Crippen LogP contribution in [-0.2, 0) is 6.42 Å². The Hall–Kier alpha value is -3.54. The number of fused-ring (bicyclic) bond motifs is 1. The first-order valence-corrected chi connectivity index (χ1v) is 13.7. The zero-order valence-corrected chi connectivity index (χ0v) is 23.3. The van der Waals surface area contributed by atoms with E-state index in [0.29, 0.717) is 5.56 Å². The van der Waals surface area contributed by atoms with Gasteiger partial charge in [-0.15, -0.1) is 0 Å². The second kappa shape index (κ2) is 14.4. The van der Waals surface area contributed by atoms with E-state index in [4.69, 9.17) is 10.5 Å². The molecule has 0 atom stereocenters. The van der Waals surface area contributed by atoms with Gasteiger partial charge >= 0.3 is 0 Å². The lowest BCUT2D eigenvalue weighted by molar-refractivity contribution is 0.0981. The highest BCUT2D eigenvalue weighted by Gasteiger charge is 2.38. The van der Waals surface area contributed by atoms with Crippen LogP contribution in [0.15, 0.2) is 71.9 Å². The van der Waals surface area contributed by atoms with Crippen molar-refractivity contribution in [2.24, 2.45) is 16.1 Å². The molecule has 6 heteroatoms.